The molecule has 0 atom stereocenters. The summed E-state index contributed by atoms with van der Waals surface area (Å²) in [6.07, 6.45) is 0. The Balaban J connectivity index is 2.10. The van der Waals surface area contributed by atoms with Crippen molar-refractivity contribution < 1.29 is 4.74 Å². The molecule has 0 spiro atoms. The van der Waals surface area contributed by atoms with Crippen molar-refractivity contribution >= 4 is 39.1 Å². The van der Waals surface area contributed by atoms with E-state index in [4.69, 9.17) is 27.9 Å². The molecule has 0 aliphatic carbocycles. The average Bonchev–Trinajstić information content (AvgIpc) is 2.31. The van der Waals surface area contributed by atoms with Crippen LogP contribution in [0.3, 0.4) is 0 Å². The molecule has 0 heterocycles. The lowest BCUT2D eigenvalue weighted by atomic mass is 10.2. The number of hydrogen-bond acceptors (Lipinski definition) is 1. The number of halogens is 3. The van der Waals surface area contributed by atoms with Gasteiger partial charge in [0.05, 0.1) is 9.50 Å². The van der Waals surface area contributed by atoms with E-state index in [1.54, 1.807) is 6.07 Å². The molecule has 0 aromatic heterocycles. The number of ether oxygens (including phenoxy) is 1. The van der Waals surface area contributed by atoms with Crippen LogP contribution in [0, 0.1) is 0 Å². The van der Waals surface area contributed by atoms with Gasteiger partial charge in [-0.3, -0.25) is 0 Å². The molecule has 88 valence electrons. The van der Waals surface area contributed by atoms with E-state index in [9.17, 15) is 0 Å². The van der Waals surface area contributed by atoms with Crippen molar-refractivity contribution in [1.82, 2.24) is 0 Å². The molecule has 0 aliphatic rings. The predicted octanol–water partition coefficient (Wildman–Crippen LogP) is 5.33. The van der Waals surface area contributed by atoms with Gasteiger partial charge in [-0.2, -0.15) is 0 Å². The van der Waals surface area contributed by atoms with Crippen molar-refractivity contribution in [3.8, 4) is 5.75 Å². The van der Waals surface area contributed by atoms with E-state index >= 15 is 0 Å². The maximum atomic E-state index is 6.04. The first-order chi connectivity index (χ1) is 8.16. The van der Waals surface area contributed by atoms with E-state index in [0.717, 1.165) is 10.0 Å². The maximum absolute atomic E-state index is 6.04. The molecule has 0 amide bonds. The van der Waals surface area contributed by atoms with Gasteiger partial charge in [0.2, 0.25) is 0 Å². The molecule has 0 saturated carbocycles. The molecule has 2 rings (SSSR count). The molecule has 0 saturated heterocycles. The monoisotopic (exact) mass is 330 g/mol. The third-order valence-electron chi connectivity index (χ3n) is 2.22. The van der Waals surface area contributed by atoms with E-state index < -0.39 is 0 Å². The zero-order valence-corrected chi connectivity index (χ0v) is 11.9. The van der Waals surface area contributed by atoms with Crippen LogP contribution in [0.1, 0.15) is 5.56 Å². The summed E-state index contributed by atoms with van der Waals surface area (Å²) < 4.78 is 6.52. The van der Waals surface area contributed by atoms with Gasteiger partial charge in [0.25, 0.3) is 0 Å². The van der Waals surface area contributed by atoms with Crippen molar-refractivity contribution in [2.75, 3.05) is 0 Å². The Kier molecular flexibility index (Phi) is 4.32. The summed E-state index contributed by atoms with van der Waals surface area (Å²) in [7, 11) is 0. The van der Waals surface area contributed by atoms with Crippen LogP contribution in [0.4, 0.5) is 0 Å². The minimum absolute atomic E-state index is 0.458. The van der Waals surface area contributed by atoms with Crippen LogP contribution in [0.15, 0.2) is 46.9 Å². The zero-order valence-electron chi connectivity index (χ0n) is 8.79. The Labute approximate surface area is 118 Å². The molecule has 0 aliphatic heterocycles. The molecule has 2 aromatic rings. The Morgan fingerprint density at radius 1 is 1.00 bits per heavy atom. The molecule has 0 N–H and O–H groups in total. The summed E-state index contributed by atoms with van der Waals surface area (Å²) in [6.45, 7) is 0.458. The fourth-order valence-corrected chi connectivity index (χ4v) is 2.31. The molecule has 0 bridgehead atoms. The minimum Gasteiger partial charge on any atom is -0.486 e. The maximum Gasteiger partial charge on any atom is 0.152 e. The van der Waals surface area contributed by atoms with E-state index in [1.165, 1.54) is 0 Å². The Hall–Kier alpha value is -0.700. The summed E-state index contributed by atoms with van der Waals surface area (Å²) in [4.78, 5) is 0. The second-order valence-electron chi connectivity index (χ2n) is 3.47. The minimum atomic E-state index is 0.458. The molecular weight excluding hydrogens is 323 g/mol. The zero-order chi connectivity index (χ0) is 12.3. The van der Waals surface area contributed by atoms with Gasteiger partial charge in [-0.1, -0.05) is 41.4 Å². The quantitative estimate of drug-likeness (QED) is 0.738. The highest BCUT2D eigenvalue weighted by Crippen LogP contribution is 2.33. The predicted molar refractivity (Wildman–Crippen MR) is 74.9 cm³/mol. The lowest BCUT2D eigenvalue weighted by Gasteiger charge is -2.09. The van der Waals surface area contributed by atoms with Crippen LogP contribution in [0.25, 0.3) is 0 Å². The SMILES string of the molecule is Clc1ccc(COc2c(Cl)cccc2Br)cc1. The van der Waals surface area contributed by atoms with Crippen LogP contribution >= 0.6 is 39.1 Å². The van der Waals surface area contributed by atoms with Gasteiger partial charge in [-0.05, 0) is 45.8 Å². The third kappa shape index (κ3) is 3.38. The second-order valence-corrected chi connectivity index (χ2v) is 5.16. The van der Waals surface area contributed by atoms with Gasteiger partial charge < -0.3 is 4.74 Å². The smallest absolute Gasteiger partial charge is 0.152 e. The van der Waals surface area contributed by atoms with Crippen LogP contribution in [0.2, 0.25) is 10.0 Å². The fourth-order valence-electron chi connectivity index (χ4n) is 1.36. The highest BCUT2D eigenvalue weighted by atomic mass is 79.9. The molecule has 4 heteroatoms. The van der Waals surface area contributed by atoms with Crippen molar-refractivity contribution in [2.45, 2.75) is 6.61 Å². The average molecular weight is 332 g/mol. The highest BCUT2D eigenvalue weighted by molar-refractivity contribution is 9.10. The molecule has 1 nitrogen and oxygen atoms in total. The van der Waals surface area contributed by atoms with Crippen LogP contribution in [0.5, 0.6) is 5.75 Å². The lowest BCUT2D eigenvalue weighted by molar-refractivity contribution is 0.304. The van der Waals surface area contributed by atoms with Crippen molar-refractivity contribution in [1.29, 1.82) is 0 Å². The molecule has 0 radical (unpaired) electrons. The molecule has 17 heavy (non-hydrogen) atoms. The summed E-state index contributed by atoms with van der Waals surface area (Å²) in [6, 6.07) is 13.1. The number of benzene rings is 2. The first-order valence-electron chi connectivity index (χ1n) is 4.98. The van der Waals surface area contributed by atoms with Gasteiger partial charge in [-0.25, -0.2) is 0 Å². The van der Waals surface area contributed by atoms with Gasteiger partial charge >= 0.3 is 0 Å². The van der Waals surface area contributed by atoms with Gasteiger partial charge in [0, 0.05) is 5.02 Å². The van der Waals surface area contributed by atoms with Gasteiger partial charge in [-0.15, -0.1) is 0 Å². The lowest BCUT2D eigenvalue weighted by Crippen LogP contribution is -1.96. The summed E-state index contributed by atoms with van der Waals surface area (Å²) in [5, 5.41) is 1.31. The molecule has 2 aromatic carbocycles. The standard InChI is InChI=1S/C13H9BrCl2O/c14-11-2-1-3-12(16)13(11)17-8-9-4-6-10(15)7-5-9/h1-7H,8H2. The Morgan fingerprint density at radius 3 is 2.35 bits per heavy atom. The highest BCUT2D eigenvalue weighted by Gasteiger charge is 2.06. The van der Waals surface area contributed by atoms with Crippen LogP contribution in [-0.4, -0.2) is 0 Å². The van der Waals surface area contributed by atoms with E-state index in [1.807, 2.05) is 36.4 Å². The number of rotatable bonds is 3. The summed E-state index contributed by atoms with van der Waals surface area (Å²) in [5.74, 6) is 0.657. The second kappa shape index (κ2) is 5.76. The van der Waals surface area contributed by atoms with E-state index in [0.29, 0.717) is 22.4 Å². The van der Waals surface area contributed by atoms with Crippen molar-refractivity contribution in [3.05, 3.63) is 62.5 Å². The Bertz CT molecular complexity index is 491. The molecule has 0 unspecified atom stereocenters. The van der Waals surface area contributed by atoms with Crippen LogP contribution in [-0.2, 0) is 6.61 Å². The van der Waals surface area contributed by atoms with Crippen LogP contribution < -0.4 is 4.74 Å². The topological polar surface area (TPSA) is 9.23 Å². The van der Waals surface area contributed by atoms with Gasteiger partial charge in [0.15, 0.2) is 5.75 Å². The van der Waals surface area contributed by atoms with Crippen molar-refractivity contribution in [2.24, 2.45) is 0 Å². The third-order valence-corrected chi connectivity index (χ3v) is 3.39. The first kappa shape index (κ1) is 12.7. The number of para-hydroxylation sites is 1. The van der Waals surface area contributed by atoms with Gasteiger partial charge in [0.1, 0.15) is 6.61 Å². The van der Waals surface area contributed by atoms with E-state index in [-0.39, 0.29) is 0 Å². The largest absolute Gasteiger partial charge is 0.486 e. The fraction of sp³-hybridized carbons (Fsp3) is 0.0769. The van der Waals surface area contributed by atoms with Crippen molar-refractivity contribution in [3.63, 3.8) is 0 Å². The van der Waals surface area contributed by atoms with E-state index in [2.05, 4.69) is 15.9 Å². The molecule has 0 fully saturated rings. The Morgan fingerprint density at radius 2 is 1.71 bits per heavy atom. The first-order valence-corrected chi connectivity index (χ1v) is 6.53. The normalized spacial score (nSPS) is 10.3. The summed E-state index contributed by atoms with van der Waals surface area (Å²) >= 11 is 15.3. The molecular formula is C13H9BrCl2O. The summed E-state index contributed by atoms with van der Waals surface area (Å²) in [5.41, 5.74) is 1.04. The number of hydrogen-bond donors (Lipinski definition) is 0.